The van der Waals surface area contributed by atoms with Gasteiger partial charge in [0.1, 0.15) is 0 Å². The molecule has 1 heterocycles. The summed E-state index contributed by atoms with van der Waals surface area (Å²) in [5, 5.41) is 0. The summed E-state index contributed by atoms with van der Waals surface area (Å²) in [7, 11) is 0. The minimum atomic E-state index is -0.319. The summed E-state index contributed by atoms with van der Waals surface area (Å²) in [5.41, 5.74) is 3.35. The summed E-state index contributed by atoms with van der Waals surface area (Å²) < 4.78 is 12.3. The van der Waals surface area contributed by atoms with E-state index in [2.05, 4.69) is 20.8 Å². The summed E-state index contributed by atoms with van der Waals surface area (Å²) in [5.74, 6) is 0.677. The summed E-state index contributed by atoms with van der Waals surface area (Å²) >= 11 is 0. The van der Waals surface area contributed by atoms with Crippen molar-refractivity contribution in [3.05, 3.63) is 30.7 Å². The first-order valence-electron chi connectivity index (χ1n) is 8.86. The molecule has 2 nitrogen and oxygen atoms in total. The SMILES string of the molecule is [CH-]=C[C@]1(C)C2=C(CCC1[CH2-])C1CCC3(OCCO3)C1(C)CC2.[K+]. The Morgan fingerprint density at radius 3 is 2.48 bits per heavy atom. The zero-order chi connectivity index (χ0) is 15.6. The van der Waals surface area contributed by atoms with Crippen LogP contribution in [-0.4, -0.2) is 19.0 Å². The van der Waals surface area contributed by atoms with Gasteiger partial charge < -0.3 is 23.0 Å². The van der Waals surface area contributed by atoms with E-state index in [9.17, 15) is 0 Å². The van der Waals surface area contributed by atoms with Crippen molar-refractivity contribution < 1.29 is 60.9 Å². The fourth-order valence-electron chi connectivity index (χ4n) is 5.86. The van der Waals surface area contributed by atoms with E-state index in [4.69, 9.17) is 16.1 Å². The third kappa shape index (κ3) is 2.41. The van der Waals surface area contributed by atoms with Crippen molar-refractivity contribution in [1.82, 2.24) is 0 Å². The van der Waals surface area contributed by atoms with E-state index in [0.717, 1.165) is 38.9 Å². The standard InChI is InChI=1S/C20H28O2.K/c1-5-18(3)14(2)6-7-15-16(18)8-10-19(4)17(15)9-11-20(19)21-12-13-22-20;/h1,5,14,17H,2,6-13H2,3-4H3;/q-2;+1/t14?,17?,18-,19?;/m0./s1. The molecule has 0 aromatic rings. The quantitative estimate of drug-likeness (QED) is 0.409. The second-order valence-corrected chi connectivity index (χ2v) is 8.15. The first kappa shape index (κ1) is 18.8. The van der Waals surface area contributed by atoms with Gasteiger partial charge in [0.15, 0.2) is 5.79 Å². The molecule has 1 saturated carbocycles. The number of rotatable bonds is 1. The Bertz CT molecular complexity index is 534. The molecule has 0 bridgehead atoms. The van der Waals surface area contributed by atoms with Crippen LogP contribution in [0.4, 0.5) is 0 Å². The molecule has 4 rings (SSSR count). The van der Waals surface area contributed by atoms with Crippen molar-refractivity contribution in [1.29, 1.82) is 0 Å². The van der Waals surface area contributed by atoms with Gasteiger partial charge in [-0.2, -0.15) is 5.92 Å². The topological polar surface area (TPSA) is 18.5 Å². The fraction of sp³-hybridized carbons (Fsp3) is 0.750. The fourth-order valence-corrected chi connectivity index (χ4v) is 5.86. The normalized spacial score (nSPS) is 44.7. The number of allylic oxidation sites excluding steroid dienone is 3. The van der Waals surface area contributed by atoms with Crippen molar-refractivity contribution in [2.24, 2.45) is 22.7 Å². The van der Waals surface area contributed by atoms with Gasteiger partial charge in [-0.15, -0.1) is 0 Å². The van der Waals surface area contributed by atoms with Gasteiger partial charge in [0.25, 0.3) is 0 Å². The molecule has 1 saturated heterocycles. The minimum absolute atomic E-state index is 0. The molecule has 4 atom stereocenters. The second-order valence-electron chi connectivity index (χ2n) is 8.15. The van der Waals surface area contributed by atoms with Crippen molar-refractivity contribution in [3.8, 4) is 0 Å². The Morgan fingerprint density at radius 1 is 1.13 bits per heavy atom. The first-order valence-corrected chi connectivity index (χ1v) is 8.86. The Kier molecular flexibility index (Phi) is 5.18. The zero-order valence-corrected chi connectivity index (χ0v) is 18.1. The van der Waals surface area contributed by atoms with Gasteiger partial charge in [0.05, 0.1) is 13.2 Å². The van der Waals surface area contributed by atoms with Gasteiger partial charge in [0, 0.05) is 11.8 Å². The largest absolute Gasteiger partial charge is 1.00 e. The second kappa shape index (κ2) is 6.33. The van der Waals surface area contributed by atoms with E-state index in [-0.39, 0.29) is 68.0 Å². The number of fused-ring (bicyclic) bond motifs is 3. The van der Waals surface area contributed by atoms with Gasteiger partial charge in [-0.05, 0) is 37.0 Å². The Hall–Kier alpha value is 1.04. The molecule has 0 radical (unpaired) electrons. The smallest absolute Gasteiger partial charge is 0.517 e. The molecule has 3 unspecified atom stereocenters. The van der Waals surface area contributed by atoms with Crippen molar-refractivity contribution in [2.45, 2.75) is 58.2 Å². The van der Waals surface area contributed by atoms with Crippen LogP contribution in [0, 0.1) is 36.2 Å². The Morgan fingerprint density at radius 2 is 1.83 bits per heavy atom. The van der Waals surface area contributed by atoms with Crippen LogP contribution >= 0.6 is 0 Å². The van der Waals surface area contributed by atoms with E-state index < -0.39 is 0 Å². The van der Waals surface area contributed by atoms with Crippen LogP contribution in [0.25, 0.3) is 0 Å². The van der Waals surface area contributed by atoms with Crippen molar-refractivity contribution in [2.75, 3.05) is 13.2 Å². The van der Waals surface area contributed by atoms with E-state index in [1.807, 2.05) is 6.08 Å². The molecule has 23 heavy (non-hydrogen) atoms. The number of hydrogen-bond donors (Lipinski definition) is 0. The van der Waals surface area contributed by atoms with Crippen molar-refractivity contribution in [3.63, 3.8) is 0 Å². The maximum atomic E-state index is 6.16. The molecule has 122 valence electrons. The average Bonchev–Trinajstić information content (AvgIpc) is 3.10. The van der Waals surface area contributed by atoms with Crippen molar-refractivity contribution >= 4 is 0 Å². The molecule has 3 aliphatic carbocycles. The molecule has 1 aliphatic heterocycles. The molecular formula is C20H28KO2-. The van der Waals surface area contributed by atoms with Gasteiger partial charge in [-0.25, -0.2) is 0 Å². The summed E-state index contributed by atoms with van der Waals surface area (Å²) in [6, 6.07) is 0. The van der Waals surface area contributed by atoms with Crippen LogP contribution < -0.4 is 51.4 Å². The molecule has 0 aromatic carbocycles. The number of hydrogen-bond acceptors (Lipinski definition) is 2. The van der Waals surface area contributed by atoms with Gasteiger partial charge in [-0.3, -0.25) is 6.08 Å². The molecule has 2 fully saturated rings. The Labute approximate surface area is 183 Å². The van der Waals surface area contributed by atoms with E-state index in [1.165, 1.54) is 12.8 Å². The average molecular weight is 340 g/mol. The molecule has 3 heteroatoms. The van der Waals surface area contributed by atoms with E-state index in [1.54, 1.807) is 11.1 Å². The Balaban J connectivity index is 0.00000156. The summed E-state index contributed by atoms with van der Waals surface area (Å²) in [6.07, 6.45) is 8.74. The number of ether oxygens (including phenoxy) is 2. The van der Waals surface area contributed by atoms with Crippen LogP contribution in [0.2, 0.25) is 0 Å². The molecule has 4 aliphatic rings. The third-order valence-electron chi connectivity index (χ3n) is 7.46. The van der Waals surface area contributed by atoms with Crippen LogP contribution in [0.1, 0.15) is 52.4 Å². The van der Waals surface area contributed by atoms with Crippen LogP contribution in [-0.2, 0) is 9.47 Å². The molecule has 0 amide bonds. The van der Waals surface area contributed by atoms with E-state index in [0.29, 0.717) is 11.8 Å². The maximum Gasteiger partial charge on any atom is 1.00 e. The van der Waals surface area contributed by atoms with Gasteiger partial charge in [-0.1, -0.05) is 31.4 Å². The molecule has 0 aromatic heterocycles. The monoisotopic (exact) mass is 339 g/mol. The van der Waals surface area contributed by atoms with Crippen LogP contribution in [0.5, 0.6) is 0 Å². The molecular weight excluding hydrogens is 311 g/mol. The van der Waals surface area contributed by atoms with E-state index >= 15 is 0 Å². The van der Waals surface area contributed by atoms with Crippen LogP contribution in [0.15, 0.2) is 17.2 Å². The third-order valence-corrected chi connectivity index (χ3v) is 7.46. The maximum absolute atomic E-state index is 6.16. The summed E-state index contributed by atoms with van der Waals surface area (Å²) in [6.45, 7) is 16.7. The van der Waals surface area contributed by atoms with Crippen LogP contribution in [0.3, 0.4) is 0 Å². The van der Waals surface area contributed by atoms with Gasteiger partial charge >= 0.3 is 51.4 Å². The summed E-state index contributed by atoms with van der Waals surface area (Å²) in [4.78, 5) is 0. The minimum Gasteiger partial charge on any atom is -0.517 e. The zero-order valence-electron chi connectivity index (χ0n) is 15.0. The predicted octanol–water partition coefficient (Wildman–Crippen LogP) is 1.48. The molecule has 0 N–H and O–H groups in total. The van der Waals surface area contributed by atoms with Gasteiger partial charge in [0.2, 0.25) is 0 Å². The first-order chi connectivity index (χ1) is 10.5. The predicted molar refractivity (Wildman–Crippen MR) is 86.8 cm³/mol. The molecule has 1 spiro atoms.